The minimum absolute atomic E-state index is 0.0826. The first-order valence-corrected chi connectivity index (χ1v) is 12.8. The summed E-state index contributed by atoms with van der Waals surface area (Å²) in [5, 5.41) is 6.56. The summed E-state index contributed by atoms with van der Waals surface area (Å²) in [5.74, 6) is -0.0982. The highest BCUT2D eigenvalue weighted by atomic mass is 19.1. The van der Waals surface area contributed by atoms with Gasteiger partial charge in [0.2, 0.25) is 0 Å². The van der Waals surface area contributed by atoms with Crippen LogP contribution in [0.1, 0.15) is 55.0 Å². The number of benzene rings is 2. The number of hydrogen-bond donors (Lipinski definition) is 0. The van der Waals surface area contributed by atoms with Crippen molar-refractivity contribution in [1.29, 1.82) is 0 Å². The predicted molar refractivity (Wildman–Crippen MR) is 137 cm³/mol. The van der Waals surface area contributed by atoms with Gasteiger partial charge in [-0.1, -0.05) is 23.4 Å². The fraction of sp³-hybridized carbons (Fsp3) is 0.333. The van der Waals surface area contributed by atoms with Gasteiger partial charge in [-0.25, -0.2) is 8.78 Å². The number of halogens is 2. The third kappa shape index (κ3) is 3.54. The van der Waals surface area contributed by atoms with Gasteiger partial charge in [0.1, 0.15) is 23.1 Å². The van der Waals surface area contributed by atoms with E-state index in [4.69, 9.17) is 4.52 Å². The molecule has 2 aromatic carbocycles. The van der Waals surface area contributed by atoms with Crippen LogP contribution in [-0.4, -0.2) is 23.2 Å². The van der Waals surface area contributed by atoms with Crippen LogP contribution < -0.4 is 4.90 Å². The Morgan fingerprint density at radius 1 is 0.972 bits per heavy atom. The summed E-state index contributed by atoms with van der Waals surface area (Å²) < 4.78 is 35.0. The van der Waals surface area contributed by atoms with Crippen LogP contribution >= 0.6 is 0 Å². The highest BCUT2D eigenvalue weighted by molar-refractivity contribution is 5.86. The molecule has 6 heteroatoms. The summed E-state index contributed by atoms with van der Waals surface area (Å²) >= 11 is 0. The number of pyridine rings is 1. The molecule has 0 unspecified atom stereocenters. The SMILES string of the molecule is Cc1cc2ccc(N3CCC4(C=C(c5c(-c6c(F)cccc6F)noc5C5CC5)C4)CC3)cc2cn1. The standard InChI is InChI=1S/C30H27F2N3O/c1-18-13-20-7-8-23(14-21(20)17-33-18)35-11-9-30(10-12-35)15-22(16-30)26-28(34-36-29(26)19-5-6-19)27-24(31)3-2-4-25(27)32/h2-4,7-8,13-15,17,19H,5-6,9-12,16H2,1H3. The van der Waals surface area contributed by atoms with E-state index in [2.05, 4.69) is 45.4 Å². The van der Waals surface area contributed by atoms with Crippen LogP contribution in [0.2, 0.25) is 0 Å². The lowest BCUT2D eigenvalue weighted by atomic mass is 9.63. The molecule has 0 radical (unpaired) electrons. The minimum atomic E-state index is -0.601. The quantitative estimate of drug-likeness (QED) is 0.303. The maximum absolute atomic E-state index is 14.6. The van der Waals surface area contributed by atoms with E-state index < -0.39 is 11.6 Å². The Labute approximate surface area is 208 Å². The second-order valence-corrected chi connectivity index (χ2v) is 10.7. The molecule has 1 saturated heterocycles. The Kier molecular flexibility index (Phi) is 4.82. The highest BCUT2D eigenvalue weighted by Gasteiger charge is 2.44. The van der Waals surface area contributed by atoms with Crippen LogP contribution in [0.25, 0.3) is 27.6 Å². The summed E-state index contributed by atoms with van der Waals surface area (Å²) in [7, 11) is 0. The molecule has 0 bridgehead atoms. The van der Waals surface area contributed by atoms with Gasteiger partial charge in [0.15, 0.2) is 0 Å². The second-order valence-electron chi connectivity index (χ2n) is 10.7. The van der Waals surface area contributed by atoms with Gasteiger partial charge in [-0.15, -0.1) is 0 Å². The molecule has 4 aromatic rings. The van der Waals surface area contributed by atoms with Crippen LogP contribution in [0.15, 0.2) is 59.3 Å². The molecule has 3 aliphatic rings. The van der Waals surface area contributed by atoms with Gasteiger partial charge in [0, 0.05) is 47.5 Å². The first-order chi connectivity index (χ1) is 17.5. The Balaban J connectivity index is 1.15. The lowest BCUT2D eigenvalue weighted by Gasteiger charge is -2.47. The van der Waals surface area contributed by atoms with E-state index in [9.17, 15) is 8.78 Å². The first-order valence-electron chi connectivity index (χ1n) is 12.8. The van der Waals surface area contributed by atoms with Gasteiger partial charge >= 0.3 is 0 Å². The summed E-state index contributed by atoms with van der Waals surface area (Å²) in [6, 6.07) is 12.7. The van der Waals surface area contributed by atoms with Crippen LogP contribution in [0.3, 0.4) is 0 Å². The third-order valence-electron chi connectivity index (χ3n) is 8.18. The Hall–Kier alpha value is -3.54. The van der Waals surface area contributed by atoms with Crippen molar-refractivity contribution in [2.75, 3.05) is 18.0 Å². The van der Waals surface area contributed by atoms with Crippen LogP contribution in [0.5, 0.6) is 0 Å². The van der Waals surface area contributed by atoms with Gasteiger partial charge in [0.25, 0.3) is 0 Å². The zero-order valence-electron chi connectivity index (χ0n) is 20.2. The van der Waals surface area contributed by atoms with Crippen molar-refractivity contribution in [3.8, 4) is 11.3 Å². The highest BCUT2D eigenvalue weighted by Crippen LogP contribution is 2.56. The number of allylic oxidation sites excluding steroid dienone is 2. The van der Waals surface area contributed by atoms with E-state index in [-0.39, 0.29) is 11.0 Å². The Morgan fingerprint density at radius 3 is 2.44 bits per heavy atom. The van der Waals surface area contributed by atoms with Crippen LogP contribution in [0, 0.1) is 24.0 Å². The van der Waals surface area contributed by atoms with E-state index >= 15 is 0 Å². The molecular weight excluding hydrogens is 456 g/mol. The number of piperidine rings is 1. The largest absolute Gasteiger partial charge is 0.371 e. The molecule has 3 heterocycles. The maximum Gasteiger partial charge on any atom is 0.147 e. The third-order valence-corrected chi connectivity index (χ3v) is 8.18. The lowest BCUT2D eigenvalue weighted by Crippen LogP contribution is -2.42. The molecule has 2 aliphatic carbocycles. The molecule has 36 heavy (non-hydrogen) atoms. The molecule has 7 rings (SSSR count). The molecule has 1 saturated carbocycles. The molecule has 182 valence electrons. The van der Waals surface area contributed by atoms with Gasteiger partial charge in [-0.3, -0.25) is 4.98 Å². The summed E-state index contributed by atoms with van der Waals surface area (Å²) in [6.07, 6.45) is 9.35. The summed E-state index contributed by atoms with van der Waals surface area (Å²) in [6.45, 7) is 3.96. The molecule has 4 nitrogen and oxygen atoms in total. The van der Waals surface area contributed by atoms with Crippen LogP contribution in [-0.2, 0) is 0 Å². The van der Waals surface area contributed by atoms with Gasteiger partial charge < -0.3 is 9.42 Å². The molecule has 2 aromatic heterocycles. The van der Waals surface area contributed by atoms with Crippen molar-refractivity contribution in [2.24, 2.45) is 5.41 Å². The van der Waals surface area contributed by atoms with Gasteiger partial charge in [-0.05, 0) is 85.7 Å². The number of anilines is 1. The fourth-order valence-electron chi connectivity index (χ4n) is 5.98. The summed E-state index contributed by atoms with van der Waals surface area (Å²) in [4.78, 5) is 6.90. The monoisotopic (exact) mass is 483 g/mol. The number of hydrogen-bond acceptors (Lipinski definition) is 4. The van der Waals surface area contributed by atoms with Crippen LogP contribution in [0.4, 0.5) is 14.5 Å². The van der Waals surface area contributed by atoms with Crippen molar-refractivity contribution >= 4 is 22.0 Å². The Morgan fingerprint density at radius 2 is 1.72 bits per heavy atom. The van der Waals surface area contributed by atoms with Crippen molar-refractivity contribution in [3.05, 3.63) is 83.4 Å². The van der Waals surface area contributed by atoms with E-state index in [0.717, 1.165) is 73.2 Å². The van der Waals surface area contributed by atoms with E-state index in [1.54, 1.807) is 0 Å². The van der Waals surface area contributed by atoms with Crippen molar-refractivity contribution in [1.82, 2.24) is 10.1 Å². The van der Waals surface area contributed by atoms with Gasteiger partial charge in [0.05, 0.1) is 5.56 Å². The molecule has 2 fully saturated rings. The predicted octanol–water partition coefficient (Wildman–Crippen LogP) is 7.43. The molecular formula is C30H27F2N3O. The average molecular weight is 484 g/mol. The smallest absolute Gasteiger partial charge is 0.147 e. The lowest BCUT2D eigenvalue weighted by molar-refractivity contribution is 0.277. The zero-order valence-corrected chi connectivity index (χ0v) is 20.2. The number of rotatable bonds is 4. The molecule has 0 amide bonds. The summed E-state index contributed by atoms with van der Waals surface area (Å²) in [5.41, 5.74) is 4.57. The van der Waals surface area contributed by atoms with E-state index in [1.165, 1.54) is 29.3 Å². The topological polar surface area (TPSA) is 42.2 Å². The van der Waals surface area contributed by atoms with Gasteiger partial charge in [-0.2, -0.15) is 0 Å². The first kappa shape index (κ1) is 21.7. The second kappa shape index (κ2) is 7.99. The molecule has 1 spiro atoms. The molecule has 1 aliphatic heterocycles. The molecule has 0 atom stereocenters. The maximum atomic E-state index is 14.6. The normalized spacial score (nSPS) is 19.0. The average Bonchev–Trinajstić information content (AvgIpc) is 3.62. The van der Waals surface area contributed by atoms with Crippen molar-refractivity contribution in [2.45, 2.75) is 44.9 Å². The number of nitrogens with zero attached hydrogens (tertiary/aromatic N) is 3. The molecule has 0 N–H and O–H groups in total. The number of fused-ring (bicyclic) bond motifs is 1. The Bertz CT molecular complexity index is 1510. The fourth-order valence-corrected chi connectivity index (χ4v) is 5.98. The number of aryl methyl sites for hydroxylation is 1. The zero-order chi connectivity index (χ0) is 24.4. The van der Waals surface area contributed by atoms with Crippen molar-refractivity contribution in [3.63, 3.8) is 0 Å². The van der Waals surface area contributed by atoms with E-state index in [0.29, 0.717) is 11.6 Å². The van der Waals surface area contributed by atoms with Crippen molar-refractivity contribution < 1.29 is 13.3 Å². The minimum Gasteiger partial charge on any atom is -0.371 e. The van der Waals surface area contributed by atoms with E-state index in [1.807, 2.05) is 13.1 Å². The number of aromatic nitrogens is 2.